The summed E-state index contributed by atoms with van der Waals surface area (Å²) in [5.74, 6) is -0.453. The molecule has 0 unspecified atom stereocenters. The Morgan fingerprint density at radius 2 is 2.11 bits per heavy atom. The number of benzene rings is 1. The first kappa shape index (κ1) is 14.3. The summed E-state index contributed by atoms with van der Waals surface area (Å²) in [7, 11) is 0. The van der Waals surface area contributed by atoms with E-state index in [9.17, 15) is 4.79 Å². The summed E-state index contributed by atoms with van der Waals surface area (Å²) < 4.78 is 1.55. The van der Waals surface area contributed by atoms with Crippen LogP contribution in [0.3, 0.4) is 0 Å². The van der Waals surface area contributed by atoms with E-state index in [0.717, 1.165) is 9.91 Å². The second-order valence-electron chi connectivity index (χ2n) is 3.76. The monoisotopic (exact) mass is 356 g/mol. The molecule has 1 heterocycles. The number of aromatic nitrogens is 2. The van der Waals surface area contributed by atoms with E-state index in [2.05, 4.69) is 9.97 Å². The number of aryl methyl sites for hydroxylation is 1. The molecule has 0 atom stereocenters. The number of hydrogen-bond acceptors (Lipinski definition) is 3. The van der Waals surface area contributed by atoms with Crippen LogP contribution in [0.2, 0.25) is 10.3 Å². The number of carbonyl (C=O) groups excluding carboxylic acids is 1. The van der Waals surface area contributed by atoms with E-state index < -0.39 is 21.7 Å². The van der Waals surface area contributed by atoms with Gasteiger partial charge in [0.25, 0.3) is 0 Å². The van der Waals surface area contributed by atoms with Gasteiger partial charge in [-0.25, -0.2) is 0 Å². The third-order valence-electron chi connectivity index (χ3n) is 2.42. The van der Waals surface area contributed by atoms with Crippen molar-refractivity contribution in [3.05, 3.63) is 45.8 Å². The van der Waals surface area contributed by atoms with Gasteiger partial charge < -0.3 is 0 Å². The standard InChI is InChI=1S/C12H9AsCl2N3O/c1-6-3-2-4-7(11(16)19)9(6)13-10-8(14)5-17-12(15)18-10/h2-5H,1H3,(H2,16,19). The minimum atomic E-state index is -0.587. The predicted molar refractivity (Wildman–Crippen MR) is 76.8 cm³/mol. The Bertz CT molecular complexity index is 649. The SMILES string of the molecule is Cc1cccc(C(N)=O)c1[As]c1nc(Cl)ncc1Cl. The molecule has 1 aromatic carbocycles. The number of nitrogens with two attached hydrogens (primary N) is 1. The summed E-state index contributed by atoms with van der Waals surface area (Å²) in [6.45, 7) is 1.92. The first-order valence-corrected chi connectivity index (χ1v) is 7.91. The number of carbonyl (C=O) groups is 1. The van der Waals surface area contributed by atoms with Gasteiger partial charge in [-0.1, -0.05) is 0 Å². The van der Waals surface area contributed by atoms with Crippen molar-refractivity contribution >= 4 is 53.7 Å². The fraction of sp³-hybridized carbons (Fsp3) is 0.0833. The predicted octanol–water partition coefficient (Wildman–Crippen LogP) is 0.846. The van der Waals surface area contributed by atoms with Gasteiger partial charge in [-0.3, -0.25) is 0 Å². The van der Waals surface area contributed by atoms with Gasteiger partial charge >= 0.3 is 127 Å². The Morgan fingerprint density at radius 3 is 2.79 bits per heavy atom. The van der Waals surface area contributed by atoms with Crippen molar-refractivity contribution in [2.45, 2.75) is 6.92 Å². The molecule has 0 spiro atoms. The van der Waals surface area contributed by atoms with Gasteiger partial charge in [-0.05, 0) is 0 Å². The zero-order chi connectivity index (χ0) is 14.0. The zero-order valence-corrected chi connectivity index (χ0v) is 13.3. The molecule has 4 nitrogen and oxygen atoms in total. The van der Waals surface area contributed by atoms with Gasteiger partial charge in [0.1, 0.15) is 0 Å². The first-order valence-electron chi connectivity index (χ1n) is 5.28. The van der Waals surface area contributed by atoms with Gasteiger partial charge in [-0.2, -0.15) is 0 Å². The summed E-state index contributed by atoms with van der Waals surface area (Å²) in [6.07, 6.45) is 1.46. The van der Waals surface area contributed by atoms with Crippen LogP contribution in [-0.2, 0) is 0 Å². The van der Waals surface area contributed by atoms with Gasteiger partial charge in [0, 0.05) is 0 Å². The average molecular weight is 357 g/mol. The molecule has 2 aromatic rings. The van der Waals surface area contributed by atoms with Crippen LogP contribution in [0.25, 0.3) is 0 Å². The maximum absolute atomic E-state index is 11.5. The summed E-state index contributed by atoms with van der Waals surface area (Å²) in [6, 6.07) is 5.43. The van der Waals surface area contributed by atoms with Crippen molar-refractivity contribution < 1.29 is 4.79 Å². The molecule has 97 valence electrons. The van der Waals surface area contributed by atoms with Crippen LogP contribution < -0.4 is 14.6 Å². The van der Waals surface area contributed by atoms with E-state index >= 15 is 0 Å². The van der Waals surface area contributed by atoms with Gasteiger partial charge in [0.05, 0.1) is 0 Å². The van der Waals surface area contributed by atoms with E-state index in [0.29, 0.717) is 15.1 Å². The molecule has 7 heteroatoms. The second-order valence-corrected chi connectivity index (χ2v) is 6.80. The quantitative estimate of drug-likeness (QED) is 0.654. The van der Waals surface area contributed by atoms with Crippen LogP contribution in [0.4, 0.5) is 0 Å². The molecule has 0 aliphatic rings. The average Bonchev–Trinajstić information content (AvgIpc) is 2.35. The fourth-order valence-corrected chi connectivity index (χ4v) is 4.36. The van der Waals surface area contributed by atoms with E-state index in [1.54, 1.807) is 12.1 Å². The molecule has 0 saturated heterocycles. The van der Waals surface area contributed by atoms with E-state index in [1.165, 1.54) is 6.20 Å². The van der Waals surface area contributed by atoms with Gasteiger partial charge in [0.2, 0.25) is 0 Å². The molecule has 2 N–H and O–H groups in total. The Kier molecular flexibility index (Phi) is 4.45. The van der Waals surface area contributed by atoms with Crippen LogP contribution in [0.5, 0.6) is 0 Å². The summed E-state index contributed by atoms with van der Waals surface area (Å²) in [5, 5.41) is 0.590. The van der Waals surface area contributed by atoms with Crippen molar-refractivity contribution in [2.75, 3.05) is 0 Å². The molecule has 19 heavy (non-hydrogen) atoms. The molecule has 0 saturated carbocycles. The summed E-state index contributed by atoms with van der Waals surface area (Å²) in [5.41, 5.74) is 6.88. The third kappa shape index (κ3) is 3.27. The molecule has 0 aliphatic heterocycles. The fourth-order valence-electron chi connectivity index (χ4n) is 1.53. The Morgan fingerprint density at radius 1 is 1.37 bits per heavy atom. The number of rotatable bonds is 3. The molecular weight excluding hydrogens is 348 g/mol. The Balaban J connectivity index is 2.49. The first-order chi connectivity index (χ1) is 8.99. The van der Waals surface area contributed by atoms with Crippen LogP contribution in [0.1, 0.15) is 15.9 Å². The second kappa shape index (κ2) is 5.91. The topological polar surface area (TPSA) is 68.9 Å². The van der Waals surface area contributed by atoms with Crippen molar-refractivity contribution in [3.63, 3.8) is 0 Å². The molecular formula is C12H9AsCl2N3O. The number of nitrogens with zero attached hydrogens (tertiary/aromatic N) is 2. The molecule has 2 rings (SSSR count). The van der Waals surface area contributed by atoms with E-state index in [-0.39, 0.29) is 5.28 Å². The normalized spacial score (nSPS) is 11.1. The number of primary amides is 1. The van der Waals surface area contributed by atoms with Crippen LogP contribution in [0, 0.1) is 6.92 Å². The zero-order valence-electron chi connectivity index (χ0n) is 9.89. The molecule has 1 aromatic heterocycles. The Hall–Kier alpha value is -1.09. The molecule has 1 amide bonds. The molecule has 0 aliphatic carbocycles. The van der Waals surface area contributed by atoms with Crippen molar-refractivity contribution in [1.29, 1.82) is 0 Å². The van der Waals surface area contributed by atoms with Crippen LogP contribution in [0.15, 0.2) is 24.4 Å². The molecule has 0 bridgehead atoms. The van der Waals surface area contributed by atoms with E-state index in [4.69, 9.17) is 28.9 Å². The van der Waals surface area contributed by atoms with E-state index in [1.807, 2.05) is 13.0 Å². The molecule has 0 fully saturated rings. The van der Waals surface area contributed by atoms with Gasteiger partial charge in [-0.15, -0.1) is 0 Å². The van der Waals surface area contributed by atoms with Crippen LogP contribution in [-0.4, -0.2) is 31.6 Å². The number of halogens is 2. The maximum atomic E-state index is 11.5. The third-order valence-corrected chi connectivity index (χ3v) is 6.04. The minimum absolute atomic E-state index is 0.143. The summed E-state index contributed by atoms with van der Waals surface area (Å²) >= 11 is 11.2. The Labute approximate surface area is 127 Å². The van der Waals surface area contributed by atoms with Crippen LogP contribution >= 0.6 is 23.2 Å². The van der Waals surface area contributed by atoms with Crippen molar-refractivity contribution in [3.8, 4) is 0 Å². The number of hydrogen-bond donors (Lipinski definition) is 1. The summed E-state index contributed by atoms with van der Waals surface area (Å²) in [4.78, 5) is 19.4. The van der Waals surface area contributed by atoms with Crippen molar-refractivity contribution in [2.24, 2.45) is 5.73 Å². The number of amides is 1. The van der Waals surface area contributed by atoms with Gasteiger partial charge in [0.15, 0.2) is 0 Å². The molecule has 1 radical (unpaired) electrons. The van der Waals surface area contributed by atoms with Crippen molar-refractivity contribution in [1.82, 2.24) is 9.97 Å².